The van der Waals surface area contributed by atoms with Crippen LogP contribution in [0.1, 0.15) is 46.0 Å². The molecule has 0 atom stereocenters. The van der Waals surface area contributed by atoms with E-state index in [0.29, 0.717) is 0 Å². The van der Waals surface area contributed by atoms with Crippen molar-refractivity contribution in [2.75, 3.05) is 24.6 Å². The average Bonchev–Trinajstić information content (AvgIpc) is 2.16. The van der Waals surface area contributed by atoms with E-state index in [1.165, 1.54) is 25.4 Å². The first-order valence-corrected chi connectivity index (χ1v) is 8.21. The SMILES string of the molecule is CCCC[P+]1(CC)CCCCC1. The van der Waals surface area contributed by atoms with Gasteiger partial charge in [0.15, 0.2) is 0 Å². The van der Waals surface area contributed by atoms with E-state index in [4.69, 9.17) is 0 Å². The molecule has 0 unspecified atom stereocenters. The molecule has 0 spiro atoms. The fraction of sp³-hybridized carbons (Fsp3) is 1.00. The van der Waals surface area contributed by atoms with Crippen molar-refractivity contribution in [3.8, 4) is 0 Å². The Bertz CT molecular complexity index is 114. The van der Waals surface area contributed by atoms with Crippen LogP contribution >= 0.6 is 7.26 Å². The molecule has 1 aliphatic rings. The molecular formula is C11H24P+. The largest absolute Gasteiger partial charge is 0.0652 e. The first kappa shape index (κ1) is 10.5. The van der Waals surface area contributed by atoms with Gasteiger partial charge >= 0.3 is 0 Å². The van der Waals surface area contributed by atoms with Gasteiger partial charge in [0, 0.05) is 7.26 Å². The predicted octanol–water partition coefficient (Wildman–Crippen LogP) is 4.01. The van der Waals surface area contributed by atoms with Gasteiger partial charge in [-0.25, -0.2) is 0 Å². The van der Waals surface area contributed by atoms with Crippen LogP contribution in [0.4, 0.5) is 0 Å². The van der Waals surface area contributed by atoms with Crippen LogP contribution in [0.5, 0.6) is 0 Å². The monoisotopic (exact) mass is 187 g/mol. The number of hydrogen-bond acceptors (Lipinski definition) is 0. The van der Waals surface area contributed by atoms with Crippen molar-refractivity contribution in [3.05, 3.63) is 0 Å². The molecule has 1 heterocycles. The lowest BCUT2D eigenvalue weighted by molar-refractivity contribution is 0.735. The van der Waals surface area contributed by atoms with Crippen LogP contribution in [0.2, 0.25) is 0 Å². The second-order valence-electron chi connectivity index (χ2n) is 4.24. The highest BCUT2D eigenvalue weighted by Gasteiger charge is 2.35. The molecule has 1 rings (SSSR count). The Balaban J connectivity index is 2.37. The smallest absolute Gasteiger partial charge is 0.0594 e. The Hall–Kier alpha value is 0.430. The van der Waals surface area contributed by atoms with Crippen molar-refractivity contribution in [1.29, 1.82) is 0 Å². The van der Waals surface area contributed by atoms with Gasteiger partial charge in [0.1, 0.15) is 0 Å². The maximum Gasteiger partial charge on any atom is 0.0594 e. The molecule has 0 amide bonds. The van der Waals surface area contributed by atoms with Gasteiger partial charge in [-0.3, -0.25) is 0 Å². The van der Waals surface area contributed by atoms with Crippen molar-refractivity contribution in [1.82, 2.24) is 0 Å². The number of rotatable bonds is 4. The third-order valence-corrected chi connectivity index (χ3v) is 8.56. The number of unbranched alkanes of at least 4 members (excludes halogenated alkanes) is 1. The zero-order valence-corrected chi connectivity index (χ0v) is 9.71. The normalized spacial score (nSPS) is 22.5. The Morgan fingerprint density at radius 3 is 2.17 bits per heavy atom. The Labute approximate surface area is 78.5 Å². The Morgan fingerprint density at radius 2 is 1.67 bits per heavy atom. The van der Waals surface area contributed by atoms with Crippen LogP contribution in [0.15, 0.2) is 0 Å². The van der Waals surface area contributed by atoms with Crippen LogP contribution < -0.4 is 0 Å². The third-order valence-electron chi connectivity index (χ3n) is 3.42. The van der Waals surface area contributed by atoms with E-state index >= 15 is 0 Å². The highest BCUT2D eigenvalue weighted by Crippen LogP contribution is 2.62. The summed E-state index contributed by atoms with van der Waals surface area (Å²) in [7, 11) is -0.388. The lowest BCUT2D eigenvalue weighted by Crippen LogP contribution is -2.15. The summed E-state index contributed by atoms with van der Waals surface area (Å²) in [4.78, 5) is 0. The minimum atomic E-state index is -0.388. The Kier molecular flexibility index (Phi) is 4.57. The summed E-state index contributed by atoms with van der Waals surface area (Å²) in [5, 5.41) is 0. The molecule has 0 bridgehead atoms. The summed E-state index contributed by atoms with van der Waals surface area (Å²) in [6.07, 6.45) is 13.9. The molecule has 1 saturated heterocycles. The predicted molar refractivity (Wildman–Crippen MR) is 60.8 cm³/mol. The second-order valence-corrected chi connectivity index (χ2v) is 8.90. The van der Waals surface area contributed by atoms with E-state index in [2.05, 4.69) is 13.8 Å². The van der Waals surface area contributed by atoms with E-state index < -0.39 is 0 Å². The minimum Gasteiger partial charge on any atom is -0.0652 e. The standard InChI is InChI=1S/C11H24P/c1-3-5-9-12(4-2)10-7-6-8-11-12/h3-11H2,1-2H3/q+1. The fourth-order valence-corrected chi connectivity index (χ4v) is 6.77. The van der Waals surface area contributed by atoms with Gasteiger partial charge in [-0.2, -0.15) is 0 Å². The van der Waals surface area contributed by atoms with Gasteiger partial charge in [0.05, 0.1) is 24.6 Å². The fourth-order valence-electron chi connectivity index (χ4n) is 2.37. The molecule has 72 valence electrons. The average molecular weight is 187 g/mol. The quantitative estimate of drug-likeness (QED) is 0.583. The van der Waals surface area contributed by atoms with E-state index in [9.17, 15) is 0 Å². The Morgan fingerprint density at radius 1 is 1.00 bits per heavy atom. The lowest BCUT2D eigenvalue weighted by atomic mass is 10.3. The maximum absolute atomic E-state index is 2.44. The molecule has 0 saturated carbocycles. The maximum atomic E-state index is 2.44. The molecule has 1 fully saturated rings. The highest BCUT2D eigenvalue weighted by molar-refractivity contribution is 7.75. The van der Waals surface area contributed by atoms with Gasteiger partial charge in [-0.15, -0.1) is 0 Å². The van der Waals surface area contributed by atoms with Crippen LogP contribution in [0, 0.1) is 0 Å². The molecule has 0 aromatic rings. The second kappa shape index (κ2) is 5.22. The van der Waals surface area contributed by atoms with E-state index in [0.717, 1.165) is 0 Å². The van der Waals surface area contributed by atoms with Crippen LogP contribution in [0.25, 0.3) is 0 Å². The summed E-state index contributed by atoms with van der Waals surface area (Å²) in [6, 6.07) is 0. The van der Waals surface area contributed by atoms with Gasteiger partial charge in [0.2, 0.25) is 0 Å². The summed E-state index contributed by atoms with van der Waals surface area (Å²) < 4.78 is 0. The van der Waals surface area contributed by atoms with E-state index in [-0.39, 0.29) is 7.26 Å². The van der Waals surface area contributed by atoms with Gasteiger partial charge < -0.3 is 0 Å². The van der Waals surface area contributed by atoms with Crippen molar-refractivity contribution in [3.63, 3.8) is 0 Å². The van der Waals surface area contributed by atoms with E-state index in [1.54, 1.807) is 31.3 Å². The van der Waals surface area contributed by atoms with Crippen LogP contribution in [0.3, 0.4) is 0 Å². The molecule has 0 nitrogen and oxygen atoms in total. The van der Waals surface area contributed by atoms with Crippen molar-refractivity contribution in [2.24, 2.45) is 0 Å². The third kappa shape index (κ3) is 2.73. The van der Waals surface area contributed by atoms with E-state index in [1.807, 2.05) is 0 Å². The minimum absolute atomic E-state index is 0.388. The first-order valence-electron chi connectivity index (χ1n) is 5.68. The zero-order valence-electron chi connectivity index (χ0n) is 8.81. The molecule has 0 N–H and O–H groups in total. The summed E-state index contributed by atoms with van der Waals surface area (Å²) >= 11 is 0. The molecule has 0 aliphatic carbocycles. The molecule has 1 aliphatic heterocycles. The lowest BCUT2D eigenvalue weighted by Gasteiger charge is -2.29. The summed E-state index contributed by atoms with van der Waals surface area (Å²) in [6.45, 7) is 4.77. The number of hydrogen-bond donors (Lipinski definition) is 0. The van der Waals surface area contributed by atoms with Gasteiger partial charge in [-0.1, -0.05) is 13.3 Å². The van der Waals surface area contributed by atoms with Gasteiger partial charge in [-0.05, 0) is 32.6 Å². The van der Waals surface area contributed by atoms with Crippen LogP contribution in [-0.4, -0.2) is 24.6 Å². The zero-order chi connectivity index (χ0) is 8.86. The molecule has 1 heteroatoms. The van der Waals surface area contributed by atoms with Gasteiger partial charge in [0.25, 0.3) is 0 Å². The van der Waals surface area contributed by atoms with Crippen molar-refractivity contribution in [2.45, 2.75) is 46.0 Å². The van der Waals surface area contributed by atoms with Crippen molar-refractivity contribution >= 4 is 7.26 Å². The molecule has 0 radical (unpaired) electrons. The molecule has 0 aromatic heterocycles. The highest BCUT2D eigenvalue weighted by atomic mass is 31.2. The first-order chi connectivity index (χ1) is 5.83. The molecular weight excluding hydrogens is 163 g/mol. The molecule has 12 heavy (non-hydrogen) atoms. The summed E-state index contributed by atoms with van der Waals surface area (Å²) in [5.74, 6) is 0. The topological polar surface area (TPSA) is 0 Å². The van der Waals surface area contributed by atoms with Crippen molar-refractivity contribution < 1.29 is 0 Å². The molecule has 0 aromatic carbocycles. The summed E-state index contributed by atoms with van der Waals surface area (Å²) in [5.41, 5.74) is 0. The van der Waals surface area contributed by atoms with Crippen LogP contribution in [-0.2, 0) is 0 Å².